The third-order valence-electron chi connectivity index (χ3n) is 0.983. The van der Waals surface area contributed by atoms with E-state index in [1.807, 2.05) is 13.8 Å². The molecule has 0 spiro atoms. The van der Waals surface area contributed by atoms with Crippen LogP contribution < -0.4 is 164 Å². The molecule has 0 aliphatic rings. The molecule has 0 aromatic heterocycles. The molecule has 0 aliphatic carbocycles. The van der Waals surface area contributed by atoms with E-state index in [2.05, 4.69) is 12.2 Å². The summed E-state index contributed by atoms with van der Waals surface area (Å²) in [5.74, 6) is 1.33. The molecule has 0 radical (unpaired) electrons. The van der Waals surface area contributed by atoms with E-state index in [-0.39, 0.29) is 154 Å². The van der Waals surface area contributed by atoms with Crippen LogP contribution in [0, 0.1) is 0 Å². The van der Waals surface area contributed by atoms with E-state index in [9.17, 15) is 9.79 Å². The third-order valence-corrected chi connectivity index (χ3v) is 8.29. The average molecular weight is 303 g/mol. The van der Waals surface area contributed by atoms with Crippen molar-refractivity contribution in [1.82, 2.24) is 0 Å². The van der Waals surface area contributed by atoms with Gasteiger partial charge in [0.2, 0.25) is 0 Å². The van der Waals surface area contributed by atoms with E-state index in [4.69, 9.17) is 0 Å². The summed E-state index contributed by atoms with van der Waals surface area (Å²) >= 11 is 4.32. The molecule has 58 valence electrons. The normalized spacial score (nSPS) is 9.50. The molecular weight excluding hydrogens is 292 g/mol. The second kappa shape index (κ2) is 15.0. The van der Waals surface area contributed by atoms with Crippen LogP contribution in [-0.2, 0) is 22.3 Å². The summed E-state index contributed by atoms with van der Waals surface area (Å²) in [4.78, 5) is 21.3. The molecular formula is C4H10K3O2PS2. The van der Waals surface area contributed by atoms with Gasteiger partial charge in [0.15, 0.2) is 0 Å². The van der Waals surface area contributed by atoms with Crippen molar-refractivity contribution in [1.29, 1.82) is 0 Å². The van der Waals surface area contributed by atoms with Crippen molar-refractivity contribution in [2.24, 2.45) is 0 Å². The minimum atomic E-state index is -3.41. The van der Waals surface area contributed by atoms with Crippen molar-refractivity contribution in [3.63, 3.8) is 0 Å². The molecule has 0 heterocycles. The maximum Gasteiger partial charge on any atom is 1.00 e. The first-order valence-corrected chi connectivity index (χ1v) is 7.53. The van der Waals surface area contributed by atoms with Crippen LogP contribution in [0.15, 0.2) is 0 Å². The summed E-state index contributed by atoms with van der Waals surface area (Å²) in [5.41, 5.74) is -3.41. The fourth-order valence-electron chi connectivity index (χ4n) is 0.520. The maximum absolute atomic E-state index is 10.6. The summed E-state index contributed by atoms with van der Waals surface area (Å²) in [6, 6.07) is 0. The molecule has 0 rings (SSSR count). The van der Waals surface area contributed by atoms with Crippen LogP contribution >= 0.6 is 5.69 Å². The van der Waals surface area contributed by atoms with Gasteiger partial charge in [0.05, 0.1) is 0 Å². The van der Waals surface area contributed by atoms with Crippen LogP contribution in [0.25, 0.3) is 0 Å². The zero-order valence-electron chi connectivity index (χ0n) is 8.49. The Kier molecular flexibility index (Phi) is 33.2. The maximum atomic E-state index is 10.6. The van der Waals surface area contributed by atoms with Crippen molar-refractivity contribution in [3.05, 3.63) is 0 Å². The van der Waals surface area contributed by atoms with Gasteiger partial charge in [0, 0.05) is 0 Å². The predicted octanol–water partition coefficient (Wildman–Crippen LogP) is -9.40. The predicted molar refractivity (Wildman–Crippen MR) is 42.7 cm³/mol. The van der Waals surface area contributed by atoms with Crippen molar-refractivity contribution < 1.29 is 164 Å². The summed E-state index contributed by atoms with van der Waals surface area (Å²) in [6.07, 6.45) is 0. The Labute approximate surface area is 210 Å². The molecule has 2 nitrogen and oxygen atoms in total. The molecule has 0 saturated heterocycles. The second-order valence-corrected chi connectivity index (χ2v) is 9.59. The Morgan fingerprint density at radius 2 is 1.33 bits per heavy atom. The molecule has 0 aromatic rings. The number of hydrogen-bond donors (Lipinski definition) is 0. The van der Waals surface area contributed by atoms with E-state index in [1.54, 1.807) is 0 Å². The molecule has 0 unspecified atom stereocenters. The summed E-state index contributed by atoms with van der Waals surface area (Å²) in [6.45, 7) is 3.70. The minimum absolute atomic E-state index is 0. The van der Waals surface area contributed by atoms with Crippen LogP contribution in [0.4, 0.5) is 0 Å². The van der Waals surface area contributed by atoms with Crippen molar-refractivity contribution in [3.8, 4) is 0 Å². The van der Waals surface area contributed by atoms with Gasteiger partial charge in [0.25, 0.3) is 0 Å². The van der Waals surface area contributed by atoms with Crippen molar-refractivity contribution >= 4 is 28.0 Å². The SMILES string of the molecule is CCS(CC)=P([O-])([O-])[S-].[K+].[K+].[K+]. The van der Waals surface area contributed by atoms with Crippen molar-refractivity contribution in [2.45, 2.75) is 13.8 Å². The van der Waals surface area contributed by atoms with E-state index in [1.165, 1.54) is 0 Å². The molecule has 0 bridgehead atoms. The molecule has 0 N–H and O–H groups in total. The molecule has 0 aromatic carbocycles. The molecule has 8 heteroatoms. The molecule has 0 fully saturated rings. The Morgan fingerprint density at radius 3 is 1.33 bits per heavy atom. The van der Waals surface area contributed by atoms with Crippen LogP contribution in [0.2, 0.25) is 0 Å². The van der Waals surface area contributed by atoms with Crippen LogP contribution in [0.5, 0.6) is 0 Å². The van der Waals surface area contributed by atoms with E-state index >= 15 is 0 Å². The van der Waals surface area contributed by atoms with Gasteiger partial charge in [-0.25, -0.2) is 10.1 Å². The quantitative estimate of drug-likeness (QED) is 0.289. The van der Waals surface area contributed by atoms with Gasteiger partial charge in [-0.1, -0.05) is 13.8 Å². The van der Waals surface area contributed by atoms with Gasteiger partial charge in [-0.3, -0.25) is 0 Å². The Morgan fingerprint density at radius 1 is 1.08 bits per heavy atom. The number of rotatable bonds is 2. The largest absolute Gasteiger partial charge is 1.00 e. The standard InChI is InChI=1S/C4H10O2PS2.3K/c1-3-9(4-2)7(5,6)8;;;/h3-4H2,1-2H3;;;/q-3;3*+1. The summed E-state index contributed by atoms with van der Waals surface area (Å²) in [7, 11) is -0.541. The van der Waals surface area contributed by atoms with Gasteiger partial charge in [-0.15, -0.1) is 0 Å². The van der Waals surface area contributed by atoms with Gasteiger partial charge < -0.3 is 27.7 Å². The second-order valence-electron chi connectivity index (χ2n) is 1.49. The van der Waals surface area contributed by atoms with Crippen LogP contribution in [0.3, 0.4) is 0 Å². The molecule has 0 atom stereocenters. The topological polar surface area (TPSA) is 46.1 Å². The third kappa shape index (κ3) is 14.0. The molecule has 0 amide bonds. The average Bonchev–Trinajstić information content (AvgIpc) is 1.65. The van der Waals surface area contributed by atoms with Crippen LogP contribution in [0.1, 0.15) is 13.8 Å². The van der Waals surface area contributed by atoms with E-state index in [0.717, 1.165) is 0 Å². The minimum Gasteiger partial charge on any atom is -0.854 e. The fourth-order valence-corrected chi connectivity index (χ4v) is 5.36. The Bertz CT molecular complexity index is 135. The molecule has 0 aliphatic heterocycles. The fraction of sp³-hybridized carbons (Fsp3) is 1.00. The van der Waals surface area contributed by atoms with Gasteiger partial charge in [0.1, 0.15) is 0 Å². The monoisotopic (exact) mass is 302 g/mol. The van der Waals surface area contributed by atoms with Gasteiger partial charge >= 0.3 is 154 Å². The summed E-state index contributed by atoms with van der Waals surface area (Å²) in [5, 5.41) is 0. The van der Waals surface area contributed by atoms with E-state index < -0.39 is 15.8 Å². The van der Waals surface area contributed by atoms with E-state index in [0.29, 0.717) is 11.5 Å². The first-order chi connectivity index (χ1) is 4.02. The Balaban J connectivity index is -0.000000107. The smallest absolute Gasteiger partial charge is 0.854 e. The number of hydrogen-bond acceptors (Lipinski definition) is 3. The molecule has 0 saturated carbocycles. The zero-order chi connectivity index (χ0) is 7.49. The zero-order valence-corrected chi connectivity index (χ0v) is 20.4. The van der Waals surface area contributed by atoms with Crippen LogP contribution in [-0.4, -0.2) is 11.5 Å². The summed E-state index contributed by atoms with van der Waals surface area (Å²) < 4.78 is 0. The van der Waals surface area contributed by atoms with Gasteiger partial charge in [-0.2, -0.15) is 0 Å². The first kappa shape index (κ1) is 26.5. The van der Waals surface area contributed by atoms with Gasteiger partial charge in [-0.05, 0) is 11.5 Å². The Hall–Kier alpha value is 5.96. The molecule has 12 heavy (non-hydrogen) atoms. The first-order valence-electron chi connectivity index (χ1n) is 2.72. The van der Waals surface area contributed by atoms with Crippen molar-refractivity contribution in [2.75, 3.05) is 11.5 Å².